The van der Waals surface area contributed by atoms with E-state index in [1.165, 1.54) is 11.3 Å². The SMILES string of the molecule is O=C1CCC(O)(c2scnc2Br)CC1. The van der Waals surface area contributed by atoms with E-state index in [2.05, 4.69) is 20.9 Å². The molecule has 1 N–H and O–H groups in total. The molecule has 0 bridgehead atoms. The predicted molar refractivity (Wildman–Crippen MR) is 57.2 cm³/mol. The number of hydrogen-bond donors (Lipinski definition) is 1. The monoisotopic (exact) mass is 275 g/mol. The van der Waals surface area contributed by atoms with Crippen LogP contribution in [0.25, 0.3) is 0 Å². The molecule has 1 aromatic heterocycles. The first kappa shape index (κ1) is 10.3. The zero-order valence-electron chi connectivity index (χ0n) is 7.49. The number of Topliss-reactive ketones (excluding diaryl/α,β-unsaturated/α-hetero) is 1. The van der Waals surface area contributed by atoms with Crippen molar-refractivity contribution in [3.05, 3.63) is 15.0 Å². The summed E-state index contributed by atoms with van der Waals surface area (Å²) in [5.74, 6) is 0.246. The smallest absolute Gasteiger partial charge is 0.133 e. The zero-order valence-corrected chi connectivity index (χ0v) is 9.90. The van der Waals surface area contributed by atoms with Crippen molar-refractivity contribution in [1.29, 1.82) is 0 Å². The highest BCUT2D eigenvalue weighted by atomic mass is 79.9. The molecule has 0 spiro atoms. The van der Waals surface area contributed by atoms with Gasteiger partial charge in [-0.2, -0.15) is 0 Å². The third-order valence-electron chi connectivity index (χ3n) is 2.58. The molecule has 0 radical (unpaired) electrons. The van der Waals surface area contributed by atoms with Crippen LogP contribution in [0.15, 0.2) is 10.1 Å². The highest BCUT2D eigenvalue weighted by molar-refractivity contribution is 9.10. The quantitative estimate of drug-likeness (QED) is 0.855. The zero-order chi connectivity index (χ0) is 10.2. The molecule has 1 aromatic rings. The Bertz CT molecular complexity index is 353. The topological polar surface area (TPSA) is 50.2 Å². The van der Waals surface area contributed by atoms with Crippen LogP contribution >= 0.6 is 27.3 Å². The van der Waals surface area contributed by atoms with Crippen LogP contribution in [0, 0.1) is 0 Å². The van der Waals surface area contributed by atoms with Crippen molar-refractivity contribution in [2.45, 2.75) is 31.3 Å². The molecule has 2 rings (SSSR count). The molecule has 1 saturated carbocycles. The first-order chi connectivity index (χ1) is 6.62. The number of carbonyl (C=O) groups excluding carboxylic acids is 1. The van der Waals surface area contributed by atoms with Gasteiger partial charge in [-0.05, 0) is 28.8 Å². The third-order valence-corrected chi connectivity index (χ3v) is 4.47. The van der Waals surface area contributed by atoms with Gasteiger partial charge in [0.25, 0.3) is 0 Å². The molecule has 0 aromatic carbocycles. The maximum atomic E-state index is 11.1. The number of carbonyl (C=O) groups is 1. The van der Waals surface area contributed by atoms with Gasteiger partial charge < -0.3 is 5.11 Å². The van der Waals surface area contributed by atoms with Crippen LogP contribution in [-0.4, -0.2) is 15.9 Å². The van der Waals surface area contributed by atoms with Crippen LogP contribution in [0.4, 0.5) is 0 Å². The van der Waals surface area contributed by atoms with Crippen LogP contribution < -0.4 is 0 Å². The maximum absolute atomic E-state index is 11.1. The van der Waals surface area contributed by atoms with Gasteiger partial charge in [0.05, 0.1) is 10.4 Å². The fraction of sp³-hybridized carbons (Fsp3) is 0.556. The van der Waals surface area contributed by atoms with Gasteiger partial charge in [0.2, 0.25) is 0 Å². The highest BCUT2D eigenvalue weighted by Gasteiger charge is 2.36. The first-order valence-corrected chi connectivity index (χ1v) is 6.13. The Morgan fingerprint density at radius 3 is 2.64 bits per heavy atom. The number of aliphatic hydroxyl groups is 1. The minimum atomic E-state index is -0.839. The summed E-state index contributed by atoms with van der Waals surface area (Å²) in [6, 6.07) is 0. The van der Waals surface area contributed by atoms with E-state index in [-0.39, 0.29) is 5.78 Å². The van der Waals surface area contributed by atoms with Gasteiger partial charge in [-0.1, -0.05) is 0 Å². The van der Waals surface area contributed by atoms with Gasteiger partial charge in [-0.3, -0.25) is 4.79 Å². The maximum Gasteiger partial charge on any atom is 0.133 e. The molecule has 0 unspecified atom stereocenters. The summed E-state index contributed by atoms with van der Waals surface area (Å²) >= 11 is 4.74. The molecule has 1 fully saturated rings. The van der Waals surface area contributed by atoms with Crippen molar-refractivity contribution < 1.29 is 9.90 Å². The van der Waals surface area contributed by atoms with Crippen LogP contribution in [-0.2, 0) is 10.4 Å². The number of aromatic nitrogens is 1. The average molecular weight is 276 g/mol. The highest BCUT2D eigenvalue weighted by Crippen LogP contribution is 2.40. The van der Waals surface area contributed by atoms with Crippen molar-refractivity contribution in [3.8, 4) is 0 Å². The standard InChI is InChI=1S/C9H10BrNO2S/c10-8-7(14-5-11-8)9(13)3-1-6(12)2-4-9/h5,13H,1-4H2. The van der Waals surface area contributed by atoms with E-state index in [9.17, 15) is 9.90 Å². The van der Waals surface area contributed by atoms with Crippen LogP contribution in [0.5, 0.6) is 0 Å². The fourth-order valence-corrected chi connectivity index (χ4v) is 3.43. The summed E-state index contributed by atoms with van der Waals surface area (Å²) < 4.78 is 0.708. The Morgan fingerprint density at radius 1 is 1.50 bits per heavy atom. The fourth-order valence-electron chi connectivity index (χ4n) is 1.70. The third kappa shape index (κ3) is 1.76. The number of halogens is 1. The minimum Gasteiger partial charge on any atom is -0.384 e. The number of ketones is 1. The van der Waals surface area contributed by atoms with Crippen molar-refractivity contribution in [2.24, 2.45) is 0 Å². The first-order valence-electron chi connectivity index (χ1n) is 4.45. The largest absolute Gasteiger partial charge is 0.384 e. The normalized spacial score (nSPS) is 21.1. The van der Waals surface area contributed by atoms with Crippen molar-refractivity contribution in [3.63, 3.8) is 0 Å². The molecular formula is C9H10BrNO2S. The van der Waals surface area contributed by atoms with Gasteiger partial charge >= 0.3 is 0 Å². The van der Waals surface area contributed by atoms with E-state index in [4.69, 9.17) is 0 Å². The molecule has 76 valence electrons. The molecule has 1 aliphatic rings. The molecule has 0 atom stereocenters. The van der Waals surface area contributed by atoms with Crippen LogP contribution in [0.2, 0.25) is 0 Å². The molecule has 1 aliphatic carbocycles. The van der Waals surface area contributed by atoms with Crippen molar-refractivity contribution in [2.75, 3.05) is 0 Å². The van der Waals surface area contributed by atoms with Gasteiger partial charge in [0, 0.05) is 12.8 Å². The Balaban J connectivity index is 2.25. The Kier molecular flexibility index (Phi) is 2.72. The van der Waals surface area contributed by atoms with Crippen molar-refractivity contribution >= 4 is 33.0 Å². The Hall–Kier alpha value is -0.260. The number of nitrogens with zero attached hydrogens (tertiary/aromatic N) is 1. The summed E-state index contributed by atoms with van der Waals surface area (Å²) in [6.45, 7) is 0. The second-order valence-corrected chi connectivity index (χ2v) is 5.15. The summed E-state index contributed by atoms with van der Waals surface area (Å²) in [5, 5.41) is 10.3. The Morgan fingerprint density at radius 2 is 2.14 bits per heavy atom. The van der Waals surface area contributed by atoms with E-state index in [1.54, 1.807) is 5.51 Å². The van der Waals surface area contributed by atoms with Crippen molar-refractivity contribution in [1.82, 2.24) is 4.98 Å². The van der Waals surface area contributed by atoms with Gasteiger partial charge in [0.1, 0.15) is 16.0 Å². The van der Waals surface area contributed by atoms with E-state index in [0.29, 0.717) is 30.3 Å². The van der Waals surface area contributed by atoms with Gasteiger partial charge in [-0.25, -0.2) is 4.98 Å². The van der Waals surface area contributed by atoms with E-state index in [1.807, 2.05) is 0 Å². The lowest BCUT2D eigenvalue weighted by Crippen LogP contribution is -2.31. The lowest BCUT2D eigenvalue weighted by molar-refractivity contribution is -0.125. The summed E-state index contributed by atoms with van der Waals surface area (Å²) in [5.41, 5.74) is 0.863. The summed E-state index contributed by atoms with van der Waals surface area (Å²) in [4.78, 5) is 16.0. The van der Waals surface area contributed by atoms with E-state index in [0.717, 1.165) is 4.88 Å². The molecule has 5 heteroatoms. The van der Waals surface area contributed by atoms with Gasteiger partial charge in [0.15, 0.2) is 0 Å². The van der Waals surface area contributed by atoms with Crippen LogP contribution in [0.3, 0.4) is 0 Å². The molecule has 0 saturated heterocycles. The molecular weight excluding hydrogens is 266 g/mol. The predicted octanol–water partition coefficient (Wildman–Crippen LogP) is 2.24. The molecule has 3 nitrogen and oxygen atoms in total. The number of hydrogen-bond acceptors (Lipinski definition) is 4. The lowest BCUT2D eigenvalue weighted by Gasteiger charge is -2.30. The molecule has 0 amide bonds. The average Bonchev–Trinajstić information content (AvgIpc) is 2.58. The molecule has 1 heterocycles. The second-order valence-electron chi connectivity index (χ2n) is 3.54. The number of rotatable bonds is 1. The summed E-state index contributed by atoms with van der Waals surface area (Å²) in [7, 11) is 0. The summed E-state index contributed by atoms with van der Waals surface area (Å²) in [6.07, 6.45) is 1.99. The number of thiazole rings is 1. The van der Waals surface area contributed by atoms with Crippen LogP contribution in [0.1, 0.15) is 30.6 Å². The molecule has 14 heavy (non-hydrogen) atoms. The second kappa shape index (κ2) is 3.72. The van der Waals surface area contributed by atoms with E-state index >= 15 is 0 Å². The Labute approximate surface area is 94.3 Å². The lowest BCUT2D eigenvalue weighted by atomic mass is 9.83. The van der Waals surface area contributed by atoms with E-state index < -0.39 is 5.60 Å². The van der Waals surface area contributed by atoms with Gasteiger partial charge in [-0.15, -0.1) is 11.3 Å². The molecule has 0 aliphatic heterocycles. The minimum absolute atomic E-state index is 0.246.